The standard InChI is InChI=1S/C17H16N6O/c24-17-14-10-23(9-13-3-1-2-5-20-13)6-4-15(14)21-16(22-17)12-7-18-11-19-8-12/h1-3,5,7-8,11H,4,6,9-10H2,(H,21,22,24). The number of pyridine rings is 1. The highest BCUT2D eigenvalue weighted by molar-refractivity contribution is 5.52. The van der Waals surface area contributed by atoms with Crippen molar-refractivity contribution in [3.05, 3.63) is 70.4 Å². The first kappa shape index (κ1) is 14.6. The summed E-state index contributed by atoms with van der Waals surface area (Å²) in [6, 6.07) is 5.87. The van der Waals surface area contributed by atoms with E-state index >= 15 is 0 Å². The smallest absolute Gasteiger partial charge is 0.255 e. The predicted molar refractivity (Wildman–Crippen MR) is 87.9 cm³/mol. The predicted octanol–water partition coefficient (Wildman–Crippen LogP) is 1.18. The van der Waals surface area contributed by atoms with Crippen molar-refractivity contribution in [3.63, 3.8) is 0 Å². The lowest BCUT2D eigenvalue weighted by atomic mass is 10.1. The molecule has 1 aliphatic rings. The highest BCUT2D eigenvalue weighted by Crippen LogP contribution is 2.18. The Kier molecular flexibility index (Phi) is 3.84. The van der Waals surface area contributed by atoms with Gasteiger partial charge < -0.3 is 4.98 Å². The number of fused-ring (bicyclic) bond motifs is 1. The molecule has 24 heavy (non-hydrogen) atoms. The Morgan fingerprint density at radius 3 is 2.88 bits per heavy atom. The minimum absolute atomic E-state index is 0.0930. The average molecular weight is 320 g/mol. The van der Waals surface area contributed by atoms with Crippen LogP contribution in [0.3, 0.4) is 0 Å². The summed E-state index contributed by atoms with van der Waals surface area (Å²) in [6.45, 7) is 2.17. The van der Waals surface area contributed by atoms with Gasteiger partial charge in [-0.25, -0.2) is 15.0 Å². The average Bonchev–Trinajstić information content (AvgIpc) is 2.64. The Balaban J connectivity index is 1.60. The maximum atomic E-state index is 12.5. The van der Waals surface area contributed by atoms with Gasteiger partial charge in [-0.3, -0.25) is 14.7 Å². The molecule has 4 rings (SSSR count). The number of H-pyrrole nitrogens is 1. The maximum absolute atomic E-state index is 12.5. The minimum Gasteiger partial charge on any atom is -0.306 e. The largest absolute Gasteiger partial charge is 0.306 e. The molecule has 1 N–H and O–H groups in total. The van der Waals surface area contributed by atoms with E-state index in [0.717, 1.165) is 36.5 Å². The molecule has 0 amide bonds. The highest BCUT2D eigenvalue weighted by Gasteiger charge is 2.21. The van der Waals surface area contributed by atoms with E-state index < -0.39 is 0 Å². The monoisotopic (exact) mass is 320 g/mol. The SMILES string of the molecule is O=c1[nH]c(-c2cncnc2)nc2c1CN(Cc1ccccn1)CC2. The van der Waals surface area contributed by atoms with Crippen molar-refractivity contribution in [1.82, 2.24) is 29.8 Å². The second-order valence-corrected chi connectivity index (χ2v) is 5.75. The van der Waals surface area contributed by atoms with E-state index in [2.05, 4.69) is 29.8 Å². The first-order valence-electron chi connectivity index (χ1n) is 7.79. The van der Waals surface area contributed by atoms with Gasteiger partial charge in [0.25, 0.3) is 5.56 Å². The van der Waals surface area contributed by atoms with Crippen LogP contribution in [0.1, 0.15) is 17.0 Å². The summed E-state index contributed by atoms with van der Waals surface area (Å²) in [7, 11) is 0. The molecule has 0 unspecified atom stereocenters. The highest BCUT2D eigenvalue weighted by atomic mass is 16.1. The van der Waals surface area contributed by atoms with Crippen LogP contribution in [0.25, 0.3) is 11.4 Å². The fraction of sp³-hybridized carbons (Fsp3) is 0.235. The van der Waals surface area contributed by atoms with E-state index in [4.69, 9.17) is 0 Å². The molecule has 0 fully saturated rings. The van der Waals surface area contributed by atoms with Crippen molar-refractivity contribution in [2.75, 3.05) is 6.54 Å². The van der Waals surface area contributed by atoms with Crippen molar-refractivity contribution >= 4 is 0 Å². The molecule has 3 aromatic heterocycles. The van der Waals surface area contributed by atoms with Crippen LogP contribution < -0.4 is 5.56 Å². The van der Waals surface area contributed by atoms with Crippen LogP contribution in [0, 0.1) is 0 Å². The lowest BCUT2D eigenvalue weighted by Crippen LogP contribution is -2.35. The number of aromatic amines is 1. The van der Waals surface area contributed by atoms with E-state index in [0.29, 0.717) is 17.9 Å². The Morgan fingerprint density at radius 1 is 1.21 bits per heavy atom. The molecule has 0 atom stereocenters. The molecule has 7 nitrogen and oxygen atoms in total. The van der Waals surface area contributed by atoms with Crippen LogP contribution in [0.2, 0.25) is 0 Å². The van der Waals surface area contributed by atoms with Crippen molar-refractivity contribution in [2.45, 2.75) is 19.5 Å². The van der Waals surface area contributed by atoms with Gasteiger partial charge in [-0.15, -0.1) is 0 Å². The molecule has 0 bridgehead atoms. The Bertz CT molecular complexity index is 894. The van der Waals surface area contributed by atoms with E-state index in [9.17, 15) is 4.79 Å². The van der Waals surface area contributed by atoms with Crippen molar-refractivity contribution in [1.29, 1.82) is 0 Å². The van der Waals surface area contributed by atoms with Crippen molar-refractivity contribution in [3.8, 4) is 11.4 Å². The molecule has 3 aromatic rings. The summed E-state index contributed by atoms with van der Waals surface area (Å²) in [6.07, 6.45) is 7.28. The van der Waals surface area contributed by atoms with Gasteiger partial charge in [-0.05, 0) is 12.1 Å². The number of nitrogens with one attached hydrogen (secondary N) is 1. The van der Waals surface area contributed by atoms with Crippen LogP contribution in [-0.4, -0.2) is 36.4 Å². The number of hydrogen-bond donors (Lipinski definition) is 1. The van der Waals surface area contributed by atoms with E-state index in [-0.39, 0.29) is 5.56 Å². The van der Waals surface area contributed by atoms with Crippen molar-refractivity contribution < 1.29 is 0 Å². The van der Waals surface area contributed by atoms with Gasteiger partial charge in [0.1, 0.15) is 12.2 Å². The van der Waals surface area contributed by atoms with Gasteiger partial charge in [-0.2, -0.15) is 0 Å². The molecule has 0 radical (unpaired) electrons. The molecule has 7 heteroatoms. The van der Waals surface area contributed by atoms with Crippen LogP contribution in [0.4, 0.5) is 0 Å². The van der Waals surface area contributed by atoms with Crippen LogP contribution in [0.15, 0.2) is 47.9 Å². The van der Waals surface area contributed by atoms with Gasteiger partial charge in [-0.1, -0.05) is 6.07 Å². The lowest BCUT2D eigenvalue weighted by molar-refractivity contribution is 0.239. The Labute approximate surface area is 138 Å². The summed E-state index contributed by atoms with van der Waals surface area (Å²) >= 11 is 0. The molecular weight excluding hydrogens is 304 g/mol. The maximum Gasteiger partial charge on any atom is 0.255 e. The fourth-order valence-electron chi connectivity index (χ4n) is 2.89. The molecule has 0 saturated heterocycles. The van der Waals surface area contributed by atoms with Gasteiger partial charge in [0.05, 0.1) is 22.5 Å². The van der Waals surface area contributed by atoms with Crippen LogP contribution >= 0.6 is 0 Å². The first-order valence-corrected chi connectivity index (χ1v) is 7.79. The molecular formula is C17H16N6O. The Hall–Kier alpha value is -2.93. The van der Waals surface area contributed by atoms with Gasteiger partial charge in [0.2, 0.25) is 0 Å². The second-order valence-electron chi connectivity index (χ2n) is 5.75. The Morgan fingerprint density at radius 2 is 2.08 bits per heavy atom. The third-order valence-corrected chi connectivity index (χ3v) is 4.09. The lowest BCUT2D eigenvalue weighted by Gasteiger charge is -2.27. The number of rotatable bonds is 3. The van der Waals surface area contributed by atoms with Crippen LogP contribution in [0.5, 0.6) is 0 Å². The first-order chi connectivity index (χ1) is 11.8. The second kappa shape index (κ2) is 6.29. The van der Waals surface area contributed by atoms with E-state index in [1.807, 2.05) is 18.2 Å². The van der Waals surface area contributed by atoms with E-state index in [1.54, 1.807) is 18.6 Å². The summed E-state index contributed by atoms with van der Waals surface area (Å²) in [5.74, 6) is 0.525. The fourth-order valence-corrected chi connectivity index (χ4v) is 2.89. The van der Waals surface area contributed by atoms with Crippen LogP contribution in [-0.2, 0) is 19.5 Å². The molecule has 0 spiro atoms. The molecule has 0 saturated carbocycles. The molecule has 0 aliphatic carbocycles. The zero-order chi connectivity index (χ0) is 16.4. The summed E-state index contributed by atoms with van der Waals surface area (Å²) in [4.78, 5) is 34.4. The van der Waals surface area contributed by atoms with Crippen molar-refractivity contribution in [2.24, 2.45) is 0 Å². The molecule has 0 aromatic carbocycles. The molecule has 120 valence electrons. The third-order valence-electron chi connectivity index (χ3n) is 4.09. The third kappa shape index (κ3) is 2.93. The van der Waals surface area contributed by atoms with Gasteiger partial charge in [0.15, 0.2) is 0 Å². The zero-order valence-corrected chi connectivity index (χ0v) is 13.0. The topological polar surface area (TPSA) is 87.7 Å². The molecule has 4 heterocycles. The van der Waals surface area contributed by atoms with Gasteiger partial charge >= 0.3 is 0 Å². The summed E-state index contributed by atoms with van der Waals surface area (Å²) < 4.78 is 0. The quantitative estimate of drug-likeness (QED) is 0.780. The van der Waals surface area contributed by atoms with Gasteiger partial charge in [0, 0.05) is 44.6 Å². The number of hydrogen-bond acceptors (Lipinski definition) is 6. The summed E-state index contributed by atoms with van der Waals surface area (Å²) in [5.41, 5.74) is 3.22. The minimum atomic E-state index is -0.0930. The number of nitrogens with zero attached hydrogens (tertiary/aromatic N) is 5. The van der Waals surface area contributed by atoms with E-state index in [1.165, 1.54) is 6.33 Å². The summed E-state index contributed by atoms with van der Waals surface area (Å²) in [5, 5.41) is 0. The zero-order valence-electron chi connectivity index (χ0n) is 13.0. The number of aromatic nitrogens is 5. The normalized spacial score (nSPS) is 14.3. The molecule has 1 aliphatic heterocycles.